The zero-order chi connectivity index (χ0) is 21.4. The van der Waals surface area contributed by atoms with Crippen molar-refractivity contribution in [2.24, 2.45) is 0 Å². The van der Waals surface area contributed by atoms with Gasteiger partial charge < -0.3 is 9.64 Å². The monoisotopic (exact) mass is 391 g/mol. The van der Waals surface area contributed by atoms with Crippen molar-refractivity contribution in [3.8, 4) is 6.07 Å². The van der Waals surface area contributed by atoms with Crippen LogP contribution in [0.1, 0.15) is 43.0 Å². The van der Waals surface area contributed by atoms with Gasteiger partial charge in [-0.3, -0.25) is 10.1 Å². The predicted octanol–water partition coefficient (Wildman–Crippen LogP) is 4.09. The van der Waals surface area contributed by atoms with Crippen molar-refractivity contribution in [2.45, 2.75) is 52.3 Å². The molecule has 0 aliphatic carbocycles. The summed E-state index contributed by atoms with van der Waals surface area (Å²) < 4.78 is 5.34. The Bertz CT molecular complexity index is 1000. The van der Waals surface area contributed by atoms with Crippen molar-refractivity contribution in [3.63, 3.8) is 0 Å². The first-order valence-electron chi connectivity index (χ1n) is 9.47. The molecule has 0 aromatic heterocycles. The number of fused-ring (bicyclic) bond motifs is 1. The second-order valence-electron chi connectivity index (χ2n) is 8.34. The average Bonchev–Trinajstić information content (AvgIpc) is 2.84. The molecular weight excluding hydrogens is 366 g/mol. The van der Waals surface area contributed by atoms with E-state index >= 15 is 0 Å². The summed E-state index contributed by atoms with van der Waals surface area (Å²) in [5.41, 5.74) is 1.21. The molecule has 1 aliphatic heterocycles. The van der Waals surface area contributed by atoms with Gasteiger partial charge in [0.1, 0.15) is 11.7 Å². The van der Waals surface area contributed by atoms with Crippen LogP contribution in [0.5, 0.6) is 0 Å². The van der Waals surface area contributed by atoms with Crippen LogP contribution < -0.4 is 10.2 Å². The summed E-state index contributed by atoms with van der Waals surface area (Å²) in [6, 6.07) is 15.4. The Hall–Kier alpha value is -3.33. The lowest BCUT2D eigenvalue weighted by Crippen LogP contribution is -2.53. The summed E-state index contributed by atoms with van der Waals surface area (Å²) in [5.74, 6) is -0.488. The fourth-order valence-electron chi connectivity index (χ4n) is 3.69. The maximum Gasteiger partial charge on any atom is 0.409 e. The molecule has 1 atom stereocenters. The normalized spacial score (nSPS) is 18.2. The number of nitrogens with one attached hydrogen (secondary N) is 1. The maximum absolute atomic E-state index is 13.5. The van der Waals surface area contributed by atoms with Crippen LogP contribution in [0.15, 0.2) is 42.5 Å². The molecule has 6 nitrogen and oxygen atoms in total. The van der Waals surface area contributed by atoms with Crippen LogP contribution >= 0.6 is 0 Å². The minimum absolute atomic E-state index is 0.301. The molecule has 150 valence electrons. The minimum Gasteiger partial charge on any atom is -0.444 e. The molecule has 2 amide bonds. The second-order valence-corrected chi connectivity index (χ2v) is 8.34. The molecule has 0 spiro atoms. The zero-order valence-corrected chi connectivity index (χ0v) is 17.4. The highest BCUT2D eigenvalue weighted by molar-refractivity contribution is 6.11. The number of nitrogens with zero attached hydrogens (tertiary/aromatic N) is 2. The van der Waals surface area contributed by atoms with Crippen molar-refractivity contribution in [2.75, 3.05) is 4.90 Å². The fraction of sp³-hybridized carbons (Fsp3) is 0.348. The van der Waals surface area contributed by atoms with Crippen molar-refractivity contribution >= 4 is 17.7 Å². The van der Waals surface area contributed by atoms with Crippen molar-refractivity contribution in [1.29, 1.82) is 5.26 Å². The number of amides is 2. The van der Waals surface area contributed by atoms with Crippen LogP contribution in [0.3, 0.4) is 0 Å². The molecule has 0 saturated carbocycles. The molecule has 2 aromatic carbocycles. The van der Waals surface area contributed by atoms with Crippen LogP contribution in [0.2, 0.25) is 0 Å². The lowest BCUT2D eigenvalue weighted by molar-refractivity contribution is -0.122. The molecule has 0 fully saturated rings. The van der Waals surface area contributed by atoms with Gasteiger partial charge in [-0.1, -0.05) is 36.4 Å². The van der Waals surface area contributed by atoms with E-state index in [-0.39, 0.29) is 0 Å². The number of carbonyl (C=O) groups excluding carboxylic acids is 2. The first-order valence-corrected chi connectivity index (χ1v) is 9.47. The largest absolute Gasteiger partial charge is 0.444 e. The van der Waals surface area contributed by atoms with E-state index in [9.17, 15) is 14.9 Å². The Kier molecular flexibility index (Phi) is 5.10. The Morgan fingerprint density at radius 3 is 2.45 bits per heavy atom. The number of hydrogen-bond donors (Lipinski definition) is 1. The first-order chi connectivity index (χ1) is 13.6. The van der Waals surface area contributed by atoms with E-state index in [0.29, 0.717) is 17.8 Å². The van der Waals surface area contributed by atoms with Crippen LogP contribution in [0, 0.1) is 25.2 Å². The number of ether oxygens (including phenoxy) is 1. The molecule has 2 aromatic rings. The fourth-order valence-corrected chi connectivity index (χ4v) is 3.69. The van der Waals surface area contributed by atoms with Gasteiger partial charge in [0.05, 0.1) is 12.2 Å². The third-order valence-electron chi connectivity index (χ3n) is 4.73. The number of hydrogen-bond acceptors (Lipinski definition) is 4. The van der Waals surface area contributed by atoms with E-state index < -0.39 is 23.1 Å². The molecule has 29 heavy (non-hydrogen) atoms. The topological polar surface area (TPSA) is 82.4 Å². The highest BCUT2D eigenvalue weighted by atomic mass is 16.6. The number of carbonyl (C=O) groups is 2. The molecule has 1 heterocycles. The van der Waals surface area contributed by atoms with E-state index in [1.54, 1.807) is 25.7 Å². The molecule has 6 heteroatoms. The van der Waals surface area contributed by atoms with Gasteiger partial charge in [-0.2, -0.15) is 5.26 Å². The van der Waals surface area contributed by atoms with Crippen molar-refractivity contribution in [3.05, 3.63) is 64.7 Å². The van der Waals surface area contributed by atoms with Gasteiger partial charge >= 0.3 is 6.09 Å². The van der Waals surface area contributed by atoms with Crippen molar-refractivity contribution in [1.82, 2.24) is 5.32 Å². The Balaban J connectivity index is 2.10. The SMILES string of the molecule is Cc1cc(C)c2c(c1)N(Cc1ccccc1)C(=O)[C@@]2(C#N)NC(=O)OC(C)(C)C. The summed E-state index contributed by atoms with van der Waals surface area (Å²) >= 11 is 0. The van der Waals surface area contributed by atoms with Gasteiger partial charge in [0.15, 0.2) is 0 Å². The molecule has 1 N–H and O–H groups in total. The Morgan fingerprint density at radius 1 is 1.21 bits per heavy atom. The molecule has 0 saturated heterocycles. The second kappa shape index (κ2) is 7.25. The summed E-state index contributed by atoms with van der Waals surface area (Å²) in [5, 5.41) is 12.7. The van der Waals surface area contributed by atoms with Gasteiger partial charge in [-0.25, -0.2) is 4.79 Å². The molecule has 0 radical (unpaired) electrons. The standard InChI is InChI=1S/C23H25N3O3/c1-15-11-16(2)19-18(12-15)26(13-17-9-7-6-8-10-17)20(27)23(19,14-24)25-21(28)29-22(3,4)5/h6-12H,13H2,1-5H3,(H,25,28)/t23-/m0/s1. The summed E-state index contributed by atoms with van der Waals surface area (Å²) in [7, 11) is 0. The van der Waals surface area contributed by atoms with E-state index in [4.69, 9.17) is 4.74 Å². The van der Waals surface area contributed by atoms with E-state index in [1.165, 1.54) is 0 Å². The number of aryl methyl sites for hydroxylation is 2. The van der Waals surface area contributed by atoms with Gasteiger partial charge in [0.2, 0.25) is 5.54 Å². The number of benzene rings is 2. The number of anilines is 1. The first kappa shape index (κ1) is 20.4. The van der Waals surface area contributed by atoms with Crippen molar-refractivity contribution < 1.29 is 14.3 Å². The number of alkyl carbamates (subject to hydrolysis) is 1. The van der Waals surface area contributed by atoms with Crippen LogP contribution in [-0.2, 0) is 21.6 Å². The van der Waals surface area contributed by atoms with Crippen LogP contribution in [0.4, 0.5) is 10.5 Å². The Morgan fingerprint density at radius 2 is 1.86 bits per heavy atom. The van der Waals surface area contributed by atoms with E-state index in [0.717, 1.165) is 16.7 Å². The molecule has 3 rings (SSSR count). The number of rotatable bonds is 3. The number of nitriles is 1. The summed E-state index contributed by atoms with van der Waals surface area (Å²) in [4.78, 5) is 27.6. The lowest BCUT2D eigenvalue weighted by atomic mass is 9.88. The Labute approximate surface area is 171 Å². The smallest absolute Gasteiger partial charge is 0.409 e. The lowest BCUT2D eigenvalue weighted by Gasteiger charge is -2.26. The van der Waals surface area contributed by atoms with Gasteiger partial charge in [-0.05, 0) is 57.4 Å². The third kappa shape index (κ3) is 3.81. The molecule has 0 bridgehead atoms. The quantitative estimate of drug-likeness (QED) is 0.854. The molecular formula is C23H25N3O3. The highest BCUT2D eigenvalue weighted by Crippen LogP contribution is 2.43. The van der Waals surface area contributed by atoms with Gasteiger partial charge in [-0.15, -0.1) is 0 Å². The minimum atomic E-state index is -1.83. The van der Waals surface area contributed by atoms with Crippen LogP contribution in [0.25, 0.3) is 0 Å². The third-order valence-corrected chi connectivity index (χ3v) is 4.73. The van der Waals surface area contributed by atoms with Gasteiger partial charge in [0, 0.05) is 5.56 Å². The molecule has 1 aliphatic rings. The van der Waals surface area contributed by atoms with Gasteiger partial charge in [0.25, 0.3) is 5.91 Å². The molecule has 0 unspecified atom stereocenters. The predicted molar refractivity (Wildman–Crippen MR) is 110 cm³/mol. The summed E-state index contributed by atoms with van der Waals surface area (Å²) in [6.07, 6.45) is -0.806. The zero-order valence-electron chi connectivity index (χ0n) is 17.4. The maximum atomic E-state index is 13.5. The van der Waals surface area contributed by atoms with E-state index in [2.05, 4.69) is 11.4 Å². The van der Waals surface area contributed by atoms with Crippen LogP contribution in [-0.4, -0.2) is 17.6 Å². The highest BCUT2D eigenvalue weighted by Gasteiger charge is 2.54. The summed E-state index contributed by atoms with van der Waals surface area (Å²) in [6.45, 7) is 9.26. The average molecular weight is 391 g/mol. The van der Waals surface area contributed by atoms with E-state index in [1.807, 2.05) is 56.3 Å².